The van der Waals surface area contributed by atoms with E-state index in [1.54, 1.807) is 30.5 Å². The first kappa shape index (κ1) is 28.7. The monoisotopic (exact) mass is 578 g/mol. The summed E-state index contributed by atoms with van der Waals surface area (Å²) in [4.78, 5) is 19.9. The van der Waals surface area contributed by atoms with Gasteiger partial charge in [0.2, 0.25) is 0 Å². The molecular weight excluding hydrogens is 550 g/mol. The maximum atomic E-state index is 13.4. The first-order chi connectivity index (χ1) is 19.4. The van der Waals surface area contributed by atoms with Gasteiger partial charge in [0.1, 0.15) is 5.75 Å². The van der Waals surface area contributed by atoms with Crippen LogP contribution < -0.4 is 15.4 Å². The second-order valence-electron chi connectivity index (χ2n) is 10.4. The number of benzene rings is 2. The van der Waals surface area contributed by atoms with Gasteiger partial charge in [-0.15, -0.1) is 6.58 Å². The molecule has 2 bridgehead atoms. The number of piperidine rings is 3. The number of alkyl halides is 6. The third kappa shape index (κ3) is 5.97. The molecule has 3 saturated heterocycles. The average Bonchev–Trinajstić information content (AvgIpc) is 2.94. The number of nitrogens with zero attached hydrogens (tertiary/aromatic N) is 2. The molecule has 4 heterocycles. The van der Waals surface area contributed by atoms with Crippen molar-refractivity contribution in [1.29, 1.82) is 0 Å². The minimum absolute atomic E-state index is 0.0183. The summed E-state index contributed by atoms with van der Waals surface area (Å²) in [7, 11) is 1.52. The molecule has 218 valence electrons. The van der Waals surface area contributed by atoms with Crippen molar-refractivity contribution in [2.75, 3.05) is 25.5 Å². The number of halogens is 6. The standard InChI is InChI=1S/C29H28F6N4O2/c1-3-16-15-39-9-7-17(16)10-25(39)26(22-6-8-36-24-5-4-21(41-2)14-23(22)24)38-27(40)37-20-12-18(28(30,31)32)11-19(13-20)29(33,34)35/h3-6,8,11-14,16-17,25-26H,1,7,9-10,15H2,2H3,(H2,37,38,40)/t16-,17?,25?,26-/m0/s1. The maximum Gasteiger partial charge on any atom is 0.416 e. The Labute approximate surface area is 232 Å². The predicted octanol–water partition coefficient (Wildman–Crippen LogP) is 7.04. The van der Waals surface area contributed by atoms with E-state index in [0.29, 0.717) is 40.3 Å². The molecule has 3 unspecified atom stereocenters. The van der Waals surface area contributed by atoms with Crippen LogP contribution in [0.5, 0.6) is 5.75 Å². The van der Waals surface area contributed by atoms with Crippen LogP contribution in [0.1, 0.15) is 35.6 Å². The minimum Gasteiger partial charge on any atom is -0.497 e. The number of urea groups is 1. The molecule has 3 aromatic rings. The molecule has 0 radical (unpaired) electrons. The van der Waals surface area contributed by atoms with Gasteiger partial charge < -0.3 is 15.4 Å². The van der Waals surface area contributed by atoms with Gasteiger partial charge in [0.25, 0.3) is 0 Å². The summed E-state index contributed by atoms with van der Waals surface area (Å²) < 4.78 is 85.7. The molecule has 2 N–H and O–H groups in total. The van der Waals surface area contributed by atoms with Crippen molar-refractivity contribution in [3.05, 3.63) is 78.0 Å². The number of ether oxygens (including phenoxy) is 1. The normalized spacial score (nSPS) is 23.2. The van der Waals surface area contributed by atoms with Gasteiger partial charge in [-0.3, -0.25) is 9.88 Å². The van der Waals surface area contributed by atoms with Crippen molar-refractivity contribution >= 4 is 22.6 Å². The number of fused-ring (bicyclic) bond motifs is 4. The van der Waals surface area contributed by atoms with Crippen LogP contribution in [0, 0.1) is 11.8 Å². The Morgan fingerprint density at radius 1 is 1.10 bits per heavy atom. The molecule has 3 aliphatic rings. The van der Waals surface area contributed by atoms with Crippen LogP contribution in [-0.2, 0) is 12.4 Å². The molecule has 0 saturated carbocycles. The van der Waals surface area contributed by atoms with E-state index in [2.05, 4.69) is 27.1 Å². The molecule has 2 aromatic carbocycles. The number of methoxy groups -OCH3 is 1. The third-order valence-electron chi connectivity index (χ3n) is 7.99. The van der Waals surface area contributed by atoms with Gasteiger partial charge in [0.05, 0.1) is 29.8 Å². The van der Waals surface area contributed by atoms with Crippen LogP contribution in [0.4, 0.5) is 36.8 Å². The number of anilines is 1. The molecule has 5 atom stereocenters. The molecule has 3 fully saturated rings. The van der Waals surface area contributed by atoms with Crippen molar-refractivity contribution in [2.45, 2.75) is 37.3 Å². The highest BCUT2D eigenvalue weighted by Crippen LogP contribution is 2.43. The average molecular weight is 579 g/mol. The number of nitrogens with one attached hydrogen (secondary N) is 2. The highest BCUT2D eigenvalue weighted by atomic mass is 19.4. The van der Waals surface area contributed by atoms with Gasteiger partial charge in [-0.25, -0.2) is 4.79 Å². The Bertz CT molecular complexity index is 1430. The Morgan fingerprint density at radius 3 is 2.39 bits per heavy atom. The number of carbonyl (C=O) groups is 1. The lowest BCUT2D eigenvalue weighted by Crippen LogP contribution is -2.57. The zero-order chi connectivity index (χ0) is 29.5. The Kier molecular flexibility index (Phi) is 7.62. The summed E-state index contributed by atoms with van der Waals surface area (Å²) >= 11 is 0. The van der Waals surface area contributed by atoms with Crippen molar-refractivity contribution in [1.82, 2.24) is 15.2 Å². The second-order valence-corrected chi connectivity index (χ2v) is 10.4. The van der Waals surface area contributed by atoms with Crippen LogP contribution >= 0.6 is 0 Å². The topological polar surface area (TPSA) is 66.5 Å². The highest BCUT2D eigenvalue weighted by molar-refractivity contribution is 5.91. The fraction of sp³-hybridized carbons (Fsp3) is 0.379. The quantitative estimate of drug-likeness (QED) is 0.243. The zero-order valence-electron chi connectivity index (χ0n) is 22.0. The summed E-state index contributed by atoms with van der Waals surface area (Å²) in [6.07, 6.45) is -4.87. The van der Waals surface area contributed by atoms with Gasteiger partial charge in [-0.1, -0.05) is 6.08 Å². The number of aromatic nitrogens is 1. The Balaban J connectivity index is 1.51. The van der Waals surface area contributed by atoms with E-state index in [1.165, 1.54) is 7.11 Å². The van der Waals surface area contributed by atoms with E-state index in [4.69, 9.17) is 4.74 Å². The van der Waals surface area contributed by atoms with Crippen LogP contribution in [0.25, 0.3) is 10.9 Å². The molecule has 6 rings (SSSR count). The molecule has 0 spiro atoms. The number of amides is 2. The maximum absolute atomic E-state index is 13.4. The molecule has 3 aliphatic heterocycles. The fourth-order valence-electron chi connectivity index (χ4n) is 5.99. The SMILES string of the molecule is C=C[C@H]1CN2CCC1CC2[C@@H](NC(=O)Nc1cc(C(F)(F)F)cc(C(F)(F)F)c1)c1ccnc2ccc(OC)cc12. The minimum atomic E-state index is -5.04. The number of hydrogen-bond donors (Lipinski definition) is 2. The third-order valence-corrected chi connectivity index (χ3v) is 7.99. The number of pyridine rings is 1. The fourth-order valence-corrected chi connectivity index (χ4v) is 5.99. The highest BCUT2D eigenvalue weighted by Gasteiger charge is 2.43. The largest absolute Gasteiger partial charge is 0.497 e. The summed E-state index contributed by atoms with van der Waals surface area (Å²) in [5.74, 6) is 1.18. The smallest absolute Gasteiger partial charge is 0.416 e. The van der Waals surface area contributed by atoms with Crippen molar-refractivity contribution in [3.63, 3.8) is 0 Å². The number of carbonyl (C=O) groups excluding carboxylic acids is 1. The van der Waals surface area contributed by atoms with Gasteiger partial charge in [0, 0.05) is 29.9 Å². The first-order valence-electron chi connectivity index (χ1n) is 13.0. The van der Waals surface area contributed by atoms with Crippen LogP contribution in [0.15, 0.2) is 61.3 Å². The molecular formula is C29H28F6N4O2. The lowest BCUT2D eigenvalue weighted by Gasteiger charge is -2.51. The van der Waals surface area contributed by atoms with Gasteiger partial charge in [-0.2, -0.15) is 26.3 Å². The van der Waals surface area contributed by atoms with Crippen LogP contribution in [-0.4, -0.2) is 42.2 Å². The summed E-state index contributed by atoms with van der Waals surface area (Å²) in [6, 6.07) is 6.28. The summed E-state index contributed by atoms with van der Waals surface area (Å²) in [5, 5.41) is 5.79. The Morgan fingerprint density at radius 2 is 1.80 bits per heavy atom. The molecule has 12 heteroatoms. The summed E-state index contributed by atoms with van der Waals surface area (Å²) in [5.41, 5.74) is -2.31. The Hall–Kier alpha value is -3.80. The second kappa shape index (κ2) is 10.9. The zero-order valence-corrected chi connectivity index (χ0v) is 22.0. The van der Waals surface area contributed by atoms with Crippen LogP contribution in [0.3, 0.4) is 0 Å². The van der Waals surface area contributed by atoms with E-state index in [-0.39, 0.29) is 18.0 Å². The predicted molar refractivity (Wildman–Crippen MR) is 141 cm³/mol. The van der Waals surface area contributed by atoms with Crippen LogP contribution in [0.2, 0.25) is 0 Å². The first-order valence-corrected chi connectivity index (χ1v) is 13.0. The number of hydrogen-bond acceptors (Lipinski definition) is 4. The van der Waals surface area contributed by atoms with Crippen molar-refractivity contribution < 1.29 is 35.9 Å². The lowest BCUT2D eigenvalue weighted by molar-refractivity contribution is -0.143. The molecule has 6 nitrogen and oxygen atoms in total. The van der Waals surface area contributed by atoms with E-state index in [0.717, 1.165) is 25.9 Å². The van der Waals surface area contributed by atoms with Gasteiger partial charge in [0.15, 0.2) is 0 Å². The lowest BCUT2D eigenvalue weighted by atomic mass is 9.73. The van der Waals surface area contributed by atoms with E-state index < -0.39 is 41.2 Å². The summed E-state index contributed by atoms with van der Waals surface area (Å²) in [6.45, 7) is 5.46. The molecule has 2 amide bonds. The molecule has 41 heavy (non-hydrogen) atoms. The van der Waals surface area contributed by atoms with E-state index >= 15 is 0 Å². The van der Waals surface area contributed by atoms with Gasteiger partial charge in [-0.05, 0) is 79.3 Å². The van der Waals surface area contributed by atoms with E-state index in [1.807, 2.05) is 6.08 Å². The molecule has 0 aliphatic carbocycles. The van der Waals surface area contributed by atoms with Crippen molar-refractivity contribution in [3.8, 4) is 5.75 Å². The molecule has 1 aromatic heterocycles. The van der Waals surface area contributed by atoms with Gasteiger partial charge >= 0.3 is 18.4 Å². The van der Waals surface area contributed by atoms with Crippen molar-refractivity contribution in [2.24, 2.45) is 11.8 Å². The van der Waals surface area contributed by atoms with E-state index in [9.17, 15) is 31.1 Å². The number of rotatable bonds is 6.